The Hall–Kier alpha value is -3.73. The van der Waals surface area contributed by atoms with Gasteiger partial charge in [0.25, 0.3) is 11.5 Å². The maximum atomic E-state index is 13.3. The van der Waals surface area contributed by atoms with E-state index in [1.54, 1.807) is 22.9 Å². The minimum Gasteiger partial charge on any atom is -0.321 e. The lowest BCUT2D eigenvalue weighted by Gasteiger charge is -2.14. The molecule has 0 atom stereocenters. The van der Waals surface area contributed by atoms with Crippen LogP contribution in [0.4, 0.5) is 5.69 Å². The number of hydrogen-bond acceptors (Lipinski definition) is 3. The van der Waals surface area contributed by atoms with Crippen molar-refractivity contribution in [2.75, 3.05) is 5.32 Å². The van der Waals surface area contributed by atoms with E-state index in [9.17, 15) is 9.59 Å². The third kappa shape index (κ3) is 3.67. The van der Waals surface area contributed by atoms with Gasteiger partial charge in [-0.1, -0.05) is 48.5 Å². The minimum atomic E-state index is -0.417. The first-order valence-electron chi connectivity index (χ1n) is 9.44. The molecule has 4 aromatic rings. The molecule has 5 heteroatoms. The summed E-state index contributed by atoms with van der Waals surface area (Å²) >= 11 is 0. The third-order valence-corrected chi connectivity index (χ3v) is 5.00. The van der Waals surface area contributed by atoms with E-state index in [1.165, 1.54) is 0 Å². The molecule has 144 valence electrons. The number of benzene rings is 2. The van der Waals surface area contributed by atoms with Crippen molar-refractivity contribution in [1.29, 1.82) is 0 Å². The molecule has 5 nitrogen and oxygen atoms in total. The van der Waals surface area contributed by atoms with Gasteiger partial charge in [-0.3, -0.25) is 14.2 Å². The number of nitrogens with zero attached hydrogens (tertiary/aromatic N) is 2. The van der Waals surface area contributed by atoms with Crippen LogP contribution in [0.3, 0.4) is 0 Å². The number of amides is 1. The number of anilines is 1. The topological polar surface area (TPSA) is 64.0 Å². The van der Waals surface area contributed by atoms with Crippen LogP contribution in [0.2, 0.25) is 0 Å². The minimum absolute atomic E-state index is 0.101. The van der Waals surface area contributed by atoms with Gasteiger partial charge in [-0.05, 0) is 48.7 Å². The van der Waals surface area contributed by atoms with Gasteiger partial charge in [0.1, 0.15) is 11.2 Å². The molecule has 1 amide bonds. The highest BCUT2D eigenvalue weighted by Gasteiger charge is 2.18. The van der Waals surface area contributed by atoms with E-state index in [4.69, 9.17) is 0 Å². The Morgan fingerprint density at radius 2 is 1.69 bits per heavy atom. The molecule has 2 aromatic heterocycles. The monoisotopic (exact) mass is 383 g/mol. The second-order valence-electron chi connectivity index (χ2n) is 7.07. The van der Waals surface area contributed by atoms with Gasteiger partial charge in [0.05, 0.1) is 6.54 Å². The quantitative estimate of drug-likeness (QED) is 0.571. The molecular weight excluding hydrogens is 362 g/mol. The summed E-state index contributed by atoms with van der Waals surface area (Å²) in [5.74, 6) is -0.417. The van der Waals surface area contributed by atoms with E-state index in [2.05, 4.69) is 10.3 Å². The van der Waals surface area contributed by atoms with E-state index in [0.717, 1.165) is 27.8 Å². The van der Waals surface area contributed by atoms with Crippen molar-refractivity contribution in [3.8, 4) is 0 Å². The molecule has 1 N–H and O–H groups in total. The molecule has 4 rings (SSSR count). The second-order valence-corrected chi connectivity index (χ2v) is 7.07. The number of aryl methyl sites for hydroxylation is 2. The highest BCUT2D eigenvalue weighted by atomic mass is 16.2. The van der Waals surface area contributed by atoms with Crippen molar-refractivity contribution in [3.63, 3.8) is 0 Å². The first-order valence-corrected chi connectivity index (χ1v) is 9.44. The van der Waals surface area contributed by atoms with Gasteiger partial charge in [0.15, 0.2) is 0 Å². The predicted molar refractivity (Wildman–Crippen MR) is 115 cm³/mol. The molecular formula is C24H21N3O2. The average Bonchev–Trinajstić information content (AvgIpc) is 2.73. The van der Waals surface area contributed by atoms with Crippen molar-refractivity contribution < 1.29 is 4.79 Å². The summed E-state index contributed by atoms with van der Waals surface area (Å²) < 4.78 is 1.56. The van der Waals surface area contributed by atoms with Crippen LogP contribution >= 0.6 is 0 Å². The fourth-order valence-corrected chi connectivity index (χ4v) is 3.47. The molecule has 0 aliphatic heterocycles. The van der Waals surface area contributed by atoms with Crippen molar-refractivity contribution in [1.82, 2.24) is 9.55 Å². The summed E-state index contributed by atoms with van der Waals surface area (Å²) in [5.41, 5.74) is 3.90. The first kappa shape index (κ1) is 18.6. The molecule has 2 heterocycles. The van der Waals surface area contributed by atoms with E-state index >= 15 is 0 Å². The summed E-state index contributed by atoms with van der Waals surface area (Å²) in [6, 6.07) is 20.8. The maximum Gasteiger partial charge on any atom is 0.265 e. The van der Waals surface area contributed by atoms with Gasteiger partial charge < -0.3 is 5.32 Å². The molecule has 29 heavy (non-hydrogen) atoms. The molecule has 0 bridgehead atoms. The number of para-hydroxylation sites is 1. The van der Waals surface area contributed by atoms with E-state index in [1.807, 2.05) is 68.4 Å². The number of carbonyl (C=O) groups excluding carboxylic acids is 1. The van der Waals surface area contributed by atoms with Crippen LogP contribution < -0.4 is 10.9 Å². The van der Waals surface area contributed by atoms with Crippen LogP contribution in [0.1, 0.15) is 27.0 Å². The van der Waals surface area contributed by atoms with Crippen LogP contribution in [0.25, 0.3) is 11.0 Å². The fourth-order valence-electron chi connectivity index (χ4n) is 3.47. The van der Waals surface area contributed by atoms with E-state index in [-0.39, 0.29) is 11.1 Å². The SMILES string of the molecule is Cc1cccc(C)c1NC(=O)c1cc2cccnc2n(Cc2ccccc2)c1=O. The van der Waals surface area contributed by atoms with E-state index < -0.39 is 5.91 Å². The Morgan fingerprint density at radius 1 is 0.966 bits per heavy atom. The molecule has 0 saturated carbocycles. The maximum absolute atomic E-state index is 13.3. The molecule has 0 unspecified atom stereocenters. The predicted octanol–water partition coefficient (Wildman–Crippen LogP) is 4.31. The lowest BCUT2D eigenvalue weighted by atomic mass is 10.1. The Kier molecular flexibility index (Phi) is 4.96. The standard InChI is InChI=1S/C24H21N3O2/c1-16-8-6-9-17(2)21(16)26-23(28)20-14-19-12-7-13-25-22(19)27(24(20)29)15-18-10-4-3-5-11-18/h3-14H,15H2,1-2H3,(H,26,28). The number of rotatable bonds is 4. The van der Waals surface area contributed by atoms with Crippen LogP contribution in [0.15, 0.2) is 77.7 Å². The normalized spacial score (nSPS) is 10.8. The molecule has 0 radical (unpaired) electrons. The Labute approximate surface area is 168 Å². The third-order valence-electron chi connectivity index (χ3n) is 5.00. The van der Waals surface area contributed by atoms with Gasteiger partial charge in [0, 0.05) is 17.3 Å². The van der Waals surface area contributed by atoms with Crippen molar-refractivity contribution in [2.24, 2.45) is 0 Å². The first-order chi connectivity index (χ1) is 14.0. The summed E-state index contributed by atoms with van der Waals surface area (Å²) in [6.07, 6.45) is 1.65. The van der Waals surface area contributed by atoms with Crippen molar-refractivity contribution in [3.05, 3.63) is 106 Å². The average molecular weight is 383 g/mol. The molecule has 0 aliphatic rings. The van der Waals surface area contributed by atoms with Gasteiger partial charge in [-0.2, -0.15) is 0 Å². The molecule has 0 saturated heterocycles. The zero-order valence-electron chi connectivity index (χ0n) is 16.3. The van der Waals surface area contributed by atoms with Gasteiger partial charge in [-0.25, -0.2) is 4.98 Å². The summed E-state index contributed by atoms with van der Waals surface area (Å²) in [7, 11) is 0. The van der Waals surface area contributed by atoms with Crippen LogP contribution in [-0.4, -0.2) is 15.5 Å². The van der Waals surface area contributed by atoms with E-state index in [0.29, 0.717) is 12.2 Å². The lowest BCUT2D eigenvalue weighted by Crippen LogP contribution is -2.30. The van der Waals surface area contributed by atoms with Gasteiger partial charge in [0.2, 0.25) is 0 Å². The number of fused-ring (bicyclic) bond motifs is 1. The fraction of sp³-hybridized carbons (Fsp3) is 0.125. The largest absolute Gasteiger partial charge is 0.321 e. The molecule has 0 fully saturated rings. The highest BCUT2D eigenvalue weighted by Crippen LogP contribution is 2.20. The van der Waals surface area contributed by atoms with Gasteiger partial charge in [-0.15, -0.1) is 0 Å². The summed E-state index contributed by atoms with van der Waals surface area (Å²) in [6.45, 7) is 4.21. The number of aromatic nitrogens is 2. The Balaban J connectivity index is 1.82. The van der Waals surface area contributed by atoms with Gasteiger partial charge >= 0.3 is 0 Å². The molecule has 0 aliphatic carbocycles. The zero-order valence-corrected chi connectivity index (χ0v) is 16.3. The second kappa shape index (κ2) is 7.72. The zero-order chi connectivity index (χ0) is 20.4. The van der Waals surface area contributed by atoms with Crippen LogP contribution in [-0.2, 0) is 6.54 Å². The smallest absolute Gasteiger partial charge is 0.265 e. The number of pyridine rings is 2. The number of nitrogens with one attached hydrogen (secondary N) is 1. The summed E-state index contributed by atoms with van der Waals surface area (Å²) in [4.78, 5) is 30.7. The van der Waals surface area contributed by atoms with Crippen molar-refractivity contribution >= 4 is 22.6 Å². The van der Waals surface area contributed by atoms with Crippen LogP contribution in [0.5, 0.6) is 0 Å². The number of hydrogen-bond donors (Lipinski definition) is 1. The Morgan fingerprint density at radius 3 is 2.41 bits per heavy atom. The Bertz CT molecular complexity index is 1240. The van der Waals surface area contributed by atoms with Crippen LogP contribution in [0, 0.1) is 13.8 Å². The molecule has 2 aromatic carbocycles. The summed E-state index contributed by atoms with van der Waals surface area (Å²) in [5, 5.41) is 3.66. The van der Waals surface area contributed by atoms with Crippen molar-refractivity contribution in [2.45, 2.75) is 20.4 Å². The number of carbonyl (C=O) groups is 1. The lowest BCUT2D eigenvalue weighted by molar-refractivity contribution is 0.102. The molecule has 0 spiro atoms. The highest BCUT2D eigenvalue weighted by molar-refractivity contribution is 6.06.